The summed E-state index contributed by atoms with van der Waals surface area (Å²) in [5, 5.41) is 5.62. The Morgan fingerprint density at radius 3 is 1.25 bits per heavy atom. The van der Waals surface area contributed by atoms with E-state index in [1.165, 1.54) is 0 Å². The van der Waals surface area contributed by atoms with Gasteiger partial charge in [0.05, 0.1) is 37.6 Å². The van der Waals surface area contributed by atoms with Gasteiger partial charge in [0.2, 0.25) is 0 Å². The van der Waals surface area contributed by atoms with Gasteiger partial charge in [-0.15, -0.1) is 0 Å². The maximum absolute atomic E-state index is 12.9. The second kappa shape index (κ2) is 19.5. The van der Waals surface area contributed by atoms with Crippen LogP contribution in [0.15, 0.2) is 36.4 Å². The quantitative estimate of drug-likeness (QED) is 0.118. The van der Waals surface area contributed by atoms with Gasteiger partial charge in [0.25, 0.3) is 11.8 Å². The number of nitrogens with one attached hydrogen (secondary N) is 2. The molecule has 0 heterocycles. The second-order valence-electron chi connectivity index (χ2n) is 8.79. The van der Waals surface area contributed by atoms with Crippen molar-refractivity contribution in [2.24, 2.45) is 22.9 Å². The first-order valence-corrected chi connectivity index (χ1v) is 13.7. The fraction of sp³-hybridized carbons (Fsp3) is 0.500. The van der Waals surface area contributed by atoms with Crippen LogP contribution in [-0.2, 0) is 0 Å². The minimum atomic E-state index is -0.338. The topological polar surface area (TPSA) is 199 Å². The predicted molar refractivity (Wildman–Crippen MR) is 154 cm³/mol. The van der Waals surface area contributed by atoms with Crippen LogP contribution in [0.3, 0.4) is 0 Å². The van der Waals surface area contributed by atoms with E-state index in [1.54, 1.807) is 36.4 Å². The highest BCUT2D eigenvalue weighted by Gasteiger charge is 2.16. The first kappa shape index (κ1) is 32.6. The van der Waals surface area contributed by atoms with Crippen LogP contribution in [0.2, 0.25) is 0 Å². The zero-order valence-corrected chi connectivity index (χ0v) is 23.1. The lowest BCUT2D eigenvalue weighted by Crippen LogP contribution is -2.35. The maximum Gasteiger partial charge on any atom is 0.255 e. The van der Waals surface area contributed by atoms with Gasteiger partial charge in [0, 0.05) is 25.2 Å². The average Bonchev–Trinajstić information content (AvgIpc) is 2.96. The lowest BCUT2D eigenvalue weighted by molar-refractivity contribution is 0.0923. The van der Waals surface area contributed by atoms with Gasteiger partial charge < -0.3 is 52.5 Å². The number of benzene rings is 2. The number of carbonyl (C=O) groups excluding carboxylic acids is 2. The minimum absolute atomic E-state index is 0.200. The second-order valence-corrected chi connectivity index (χ2v) is 8.79. The van der Waals surface area contributed by atoms with Crippen LogP contribution in [-0.4, -0.2) is 77.5 Å². The normalized spacial score (nSPS) is 10.6. The van der Waals surface area contributed by atoms with Crippen molar-refractivity contribution in [3.63, 3.8) is 0 Å². The molecule has 0 saturated heterocycles. The molecule has 0 fully saturated rings. The zero-order valence-electron chi connectivity index (χ0n) is 23.1. The zero-order chi connectivity index (χ0) is 29.0. The molecule has 0 aliphatic carbocycles. The standard InChI is InChI=1S/C28H44N6O6/c29-9-1-15-37-21-5-7-23(25(19-21)39-17-3-11-31)27(35)33-13-14-34-28(36)24-8-6-22(38-16-2-10-30)20-26(24)40-18-4-12-32/h5-8,19-20H,1-4,9-18,29-32H2,(H,33,35)(H,34,36). The fourth-order valence-electron chi connectivity index (χ4n) is 3.42. The van der Waals surface area contributed by atoms with E-state index in [1.807, 2.05) is 0 Å². The fourth-order valence-corrected chi connectivity index (χ4v) is 3.42. The van der Waals surface area contributed by atoms with Gasteiger partial charge in [-0.2, -0.15) is 0 Å². The molecule has 40 heavy (non-hydrogen) atoms. The Kier molecular flexibility index (Phi) is 15.9. The van der Waals surface area contributed by atoms with Gasteiger partial charge in [-0.05, 0) is 76.1 Å². The van der Waals surface area contributed by atoms with Crippen LogP contribution >= 0.6 is 0 Å². The van der Waals surface area contributed by atoms with Crippen LogP contribution in [0.4, 0.5) is 0 Å². The highest BCUT2D eigenvalue weighted by Crippen LogP contribution is 2.26. The molecule has 2 amide bonds. The molecule has 0 saturated carbocycles. The number of ether oxygens (including phenoxy) is 4. The number of carbonyl (C=O) groups is 2. The smallest absolute Gasteiger partial charge is 0.255 e. The molecule has 0 unspecified atom stereocenters. The van der Waals surface area contributed by atoms with Crippen molar-refractivity contribution >= 4 is 11.8 Å². The van der Waals surface area contributed by atoms with E-state index >= 15 is 0 Å². The van der Waals surface area contributed by atoms with E-state index in [4.69, 9.17) is 41.9 Å². The lowest BCUT2D eigenvalue weighted by atomic mass is 10.1. The van der Waals surface area contributed by atoms with Crippen LogP contribution in [0, 0.1) is 0 Å². The molecular weight excluding hydrogens is 516 g/mol. The summed E-state index contributed by atoms with van der Waals surface area (Å²) in [5.41, 5.74) is 22.9. The van der Waals surface area contributed by atoms with Crippen molar-refractivity contribution in [2.45, 2.75) is 25.7 Å². The monoisotopic (exact) mass is 560 g/mol. The van der Waals surface area contributed by atoms with Crippen LogP contribution < -0.4 is 52.5 Å². The molecule has 2 rings (SSSR count). The number of nitrogens with two attached hydrogens (primary N) is 4. The van der Waals surface area contributed by atoms with Crippen molar-refractivity contribution in [2.75, 3.05) is 65.7 Å². The van der Waals surface area contributed by atoms with Gasteiger partial charge in [-0.25, -0.2) is 0 Å². The van der Waals surface area contributed by atoms with Crippen molar-refractivity contribution < 1.29 is 28.5 Å². The van der Waals surface area contributed by atoms with E-state index in [9.17, 15) is 9.59 Å². The Morgan fingerprint density at radius 1 is 0.550 bits per heavy atom. The summed E-state index contributed by atoms with van der Waals surface area (Å²) in [6.07, 6.45) is 2.71. The third kappa shape index (κ3) is 11.7. The molecule has 12 nitrogen and oxygen atoms in total. The molecule has 0 atom stereocenters. The summed E-state index contributed by atoms with van der Waals surface area (Å²) in [6.45, 7) is 4.05. The summed E-state index contributed by atoms with van der Waals surface area (Å²) < 4.78 is 22.9. The summed E-state index contributed by atoms with van der Waals surface area (Å²) in [6, 6.07) is 10.1. The Morgan fingerprint density at radius 2 is 0.900 bits per heavy atom. The number of hydrogen-bond donors (Lipinski definition) is 6. The van der Waals surface area contributed by atoms with Crippen molar-refractivity contribution in [3.05, 3.63) is 47.5 Å². The van der Waals surface area contributed by atoms with Crippen molar-refractivity contribution in [1.82, 2.24) is 10.6 Å². The summed E-state index contributed by atoms with van der Waals surface area (Å²) in [5.74, 6) is 1.28. The minimum Gasteiger partial charge on any atom is -0.493 e. The number of amides is 2. The molecule has 10 N–H and O–H groups in total. The summed E-state index contributed by atoms with van der Waals surface area (Å²) in [7, 11) is 0. The SMILES string of the molecule is NCCCOc1ccc(C(=O)NCCNC(=O)c2ccc(OCCCN)cc2OCCCN)c(OCCCN)c1. The third-order valence-corrected chi connectivity index (χ3v) is 5.54. The van der Waals surface area contributed by atoms with Gasteiger partial charge in [-0.3, -0.25) is 9.59 Å². The molecule has 0 bridgehead atoms. The van der Waals surface area contributed by atoms with Gasteiger partial charge in [0.15, 0.2) is 0 Å². The van der Waals surface area contributed by atoms with Crippen LogP contribution in [0.1, 0.15) is 46.4 Å². The highest BCUT2D eigenvalue weighted by atomic mass is 16.5. The molecule has 0 aromatic heterocycles. The van der Waals surface area contributed by atoms with E-state index in [-0.39, 0.29) is 24.9 Å². The first-order chi connectivity index (χ1) is 19.5. The highest BCUT2D eigenvalue weighted by molar-refractivity contribution is 5.98. The first-order valence-electron chi connectivity index (χ1n) is 13.7. The molecule has 0 aliphatic rings. The molecule has 0 radical (unpaired) electrons. The Balaban J connectivity index is 1.97. The Labute approximate surface area is 236 Å². The van der Waals surface area contributed by atoms with Crippen LogP contribution in [0.25, 0.3) is 0 Å². The van der Waals surface area contributed by atoms with Crippen molar-refractivity contribution in [3.8, 4) is 23.0 Å². The van der Waals surface area contributed by atoms with Gasteiger partial charge >= 0.3 is 0 Å². The molecule has 0 aliphatic heterocycles. The van der Waals surface area contributed by atoms with Gasteiger partial charge in [-0.1, -0.05) is 0 Å². The molecule has 222 valence electrons. The summed E-state index contributed by atoms with van der Waals surface area (Å²) in [4.78, 5) is 25.8. The van der Waals surface area contributed by atoms with Crippen molar-refractivity contribution in [1.29, 1.82) is 0 Å². The number of rotatable bonds is 21. The third-order valence-electron chi connectivity index (χ3n) is 5.54. The lowest BCUT2D eigenvalue weighted by Gasteiger charge is -2.15. The molecule has 12 heteroatoms. The van der Waals surface area contributed by atoms with E-state index in [2.05, 4.69) is 10.6 Å². The predicted octanol–water partition coefficient (Wildman–Crippen LogP) is 0.757. The molecular formula is C28H44N6O6. The number of hydrogen-bond acceptors (Lipinski definition) is 10. The maximum atomic E-state index is 12.9. The Bertz CT molecular complexity index is 957. The summed E-state index contributed by atoms with van der Waals surface area (Å²) >= 11 is 0. The van der Waals surface area contributed by atoms with E-state index < -0.39 is 0 Å². The largest absolute Gasteiger partial charge is 0.493 e. The van der Waals surface area contributed by atoms with E-state index in [0.29, 0.717) is 112 Å². The molecule has 2 aromatic carbocycles. The van der Waals surface area contributed by atoms with E-state index in [0.717, 1.165) is 0 Å². The average molecular weight is 561 g/mol. The molecule has 2 aromatic rings. The van der Waals surface area contributed by atoms with Crippen LogP contribution in [0.5, 0.6) is 23.0 Å². The molecule has 0 spiro atoms. The van der Waals surface area contributed by atoms with Gasteiger partial charge in [0.1, 0.15) is 23.0 Å². The Hall–Kier alpha value is -3.58.